The van der Waals surface area contributed by atoms with Crippen LogP contribution in [0.4, 0.5) is 0 Å². The normalized spacial score (nSPS) is 15.5. The molecule has 0 fully saturated rings. The Morgan fingerprint density at radius 2 is 2.13 bits per heavy atom. The summed E-state index contributed by atoms with van der Waals surface area (Å²) in [6.45, 7) is 7.91. The Kier molecular flexibility index (Phi) is 5.72. The van der Waals surface area contributed by atoms with Crippen LogP contribution in [0.3, 0.4) is 0 Å². The topological polar surface area (TPSA) is 12.0 Å². The van der Waals surface area contributed by atoms with Gasteiger partial charge in [-0.1, -0.05) is 26.8 Å². The number of hydrogen-bond acceptors (Lipinski definition) is 3. The number of thioether (sulfide) groups is 1. The summed E-state index contributed by atoms with van der Waals surface area (Å²) in [6, 6.07) is 4.88. The first-order chi connectivity index (χ1) is 7.15. The van der Waals surface area contributed by atoms with E-state index in [1.54, 1.807) is 0 Å². The lowest BCUT2D eigenvalue weighted by molar-refractivity contribution is 0.420. The van der Waals surface area contributed by atoms with Crippen molar-refractivity contribution in [2.75, 3.05) is 12.8 Å². The van der Waals surface area contributed by atoms with Crippen molar-refractivity contribution in [1.29, 1.82) is 0 Å². The van der Waals surface area contributed by atoms with Crippen LogP contribution >= 0.6 is 23.1 Å². The van der Waals surface area contributed by atoms with Crippen LogP contribution in [0.2, 0.25) is 0 Å². The molecule has 0 radical (unpaired) electrons. The summed E-state index contributed by atoms with van der Waals surface area (Å²) in [4.78, 5) is 1.46. The summed E-state index contributed by atoms with van der Waals surface area (Å²) in [5.74, 6) is 0.651. The Morgan fingerprint density at radius 3 is 2.60 bits per heavy atom. The third-order valence-corrected chi connectivity index (χ3v) is 4.47. The molecule has 86 valence electrons. The van der Waals surface area contributed by atoms with Gasteiger partial charge in [-0.2, -0.15) is 11.8 Å². The largest absolute Gasteiger partial charge is 0.308 e. The van der Waals surface area contributed by atoms with E-state index < -0.39 is 0 Å². The monoisotopic (exact) mass is 243 g/mol. The summed E-state index contributed by atoms with van der Waals surface area (Å²) in [5.41, 5.74) is 0. The van der Waals surface area contributed by atoms with Crippen molar-refractivity contribution in [3.05, 3.63) is 22.4 Å². The van der Waals surface area contributed by atoms with Crippen molar-refractivity contribution in [1.82, 2.24) is 5.32 Å². The highest BCUT2D eigenvalue weighted by Crippen LogP contribution is 2.25. The van der Waals surface area contributed by atoms with Crippen LogP contribution in [0.25, 0.3) is 0 Å². The van der Waals surface area contributed by atoms with Crippen LogP contribution in [-0.4, -0.2) is 18.1 Å². The van der Waals surface area contributed by atoms with Gasteiger partial charge in [0.1, 0.15) is 0 Å². The fourth-order valence-corrected chi connectivity index (χ4v) is 2.75. The molecule has 3 heteroatoms. The van der Waals surface area contributed by atoms with Gasteiger partial charge in [0.2, 0.25) is 0 Å². The van der Waals surface area contributed by atoms with Crippen molar-refractivity contribution < 1.29 is 0 Å². The molecular formula is C12H21NS2. The Balaban J connectivity index is 2.53. The molecule has 0 aliphatic carbocycles. The molecule has 0 saturated heterocycles. The molecular weight excluding hydrogens is 222 g/mol. The Hall–Kier alpha value is 0.01000. The first-order valence-electron chi connectivity index (χ1n) is 5.44. The standard InChI is InChI=1S/C12H21NS2/c1-9(2)12(11-6-5-7-15-11)13-8-10(3)14-4/h5-7,9-10,12-13H,8H2,1-4H3. The highest BCUT2D eigenvalue weighted by Gasteiger charge is 2.16. The SMILES string of the molecule is CSC(C)CNC(c1cccs1)C(C)C. The molecule has 1 aromatic heterocycles. The second-order valence-electron chi connectivity index (χ2n) is 4.19. The van der Waals surface area contributed by atoms with Gasteiger partial charge in [0.15, 0.2) is 0 Å². The quantitative estimate of drug-likeness (QED) is 0.816. The molecule has 0 aromatic carbocycles. The Labute approximate surface area is 102 Å². The van der Waals surface area contributed by atoms with E-state index in [0.717, 1.165) is 6.54 Å². The molecule has 0 spiro atoms. The fraction of sp³-hybridized carbons (Fsp3) is 0.667. The average molecular weight is 243 g/mol. The number of hydrogen-bond donors (Lipinski definition) is 1. The van der Waals surface area contributed by atoms with Gasteiger partial charge in [0.25, 0.3) is 0 Å². The van der Waals surface area contributed by atoms with Crippen LogP contribution in [0, 0.1) is 5.92 Å². The lowest BCUT2D eigenvalue weighted by Crippen LogP contribution is -2.30. The molecule has 2 unspecified atom stereocenters. The molecule has 0 amide bonds. The van der Waals surface area contributed by atoms with Gasteiger partial charge < -0.3 is 5.32 Å². The van der Waals surface area contributed by atoms with Gasteiger partial charge in [0.05, 0.1) is 0 Å². The van der Waals surface area contributed by atoms with E-state index in [9.17, 15) is 0 Å². The van der Waals surface area contributed by atoms with Gasteiger partial charge in [-0.3, -0.25) is 0 Å². The van der Waals surface area contributed by atoms with Crippen molar-refractivity contribution >= 4 is 23.1 Å². The zero-order valence-corrected chi connectivity index (χ0v) is 11.6. The predicted molar refractivity (Wildman–Crippen MR) is 72.9 cm³/mol. The van der Waals surface area contributed by atoms with Crippen molar-refractivity contribution in [2.45, 2.75) is 32.1 Å². The molecule has 1 aromatic rings. The van der Waals surface area contributed by atoms with E-state index in [2.05, 4.69) is 49.9 Å². The van der Waals surface area contributed by atoms with Gasteiger partial charge in [-0.15, -0.1) is 11.3 Å². The van der Waals surface area contributed by atoms with Crippen LogP contribution in [0.1, 0.15) is 31.7 Å². The fourth-order valence-electron chi connectivity index (χ4n) is 1.51. The third kappa shape index (κ3) is 4.17. The average Bonchev–Trinajstić information content (AvgIpc) is 2.70. The van der Waals surface area contributed by atoms with E-state index in [1.165, 1.54) is 4.88 Å². The molecule has 1 rings (SSSR count). The van der Waals surface area contributed by atoms with Crippen LogP contribution in [0.15, 0.2) is 17.5 Å². The lowest BCUT2D eigenvalue weighted by atomic mass is 10.0. The van der Waals surface area contributed by atoms with Gasteiger partial charge in [0, 0.05) is 22.7 Å². The highest BCUT2D eigenvalue weighted by molar-refractivity contribution is 7.99. The number of rotatable bonds is 6. The maximum atomic E-state index is 3.66. The maximum Gasteiger partial charge on any atom is 0.0438 e. The lowest BCUT2D eigenvalue weighted by Gasteiger charge is -2.23. The number of nitrogens with one attached hydrogen (secondary N) is 1. The Morgan fingerprint density at radius 1 is 1.40 bits per heavy atom. The van der Waals surface area contributed by atoms with Crippen molar-refractivity contribution in [3.63, 3.8) is 0 Å². The van der Waals surface area contributed by atoms with Crippen molar-refractivity contribution in [2.24, 2.45) is 5.92 Å². The summed E-state index contributed by atoms with van der Waals surface area (Å²) in [6.07, 6.45) is 2.17. The first-order valence-corrected chi connectivity index (χ1v) is 7.61. The van der Waals surface area contributed by atoms with Crippen LogP contribution < -0.4 is 5.32 Å². The molecule has 1 N–H and O–H groups in total. The summed E-state index contributed by atoms with van der Waals surface area (Å²) in [5, 5.41) is 6.51. The zero-order valence-electron chi connectivity index (χ0n) is 9.99. The van der Waals surface area contributed by atoms with Crippen LogP contribution in [0.5, 0.6) is 0 Å². The van der Waals surface area contributed by atoms with E-state index in [0.29, 0.717) is 17.2 Å². The minimum Gasteiger partial charge on any atom is -0.308 e. The van der Waals surface area contributed by atoms with Gasteiger partial charge in [-0.25, -0.2) is 0 Å². The molecule has 0 saturated carbocycles. The maximum absolute atomic E-state index is 3.66. The molecule has 0 aliphatic heterocycles. The molecule has 1 nitrogen and oxygen atoms in total. The first kappa shape index (κ1) is 13.1. The van der Waals surface area contributed by atoms with E-state index in [4.69, 9.17) is 0 Å². The summed E-state index contributed by atoms with van der Waals surface area (Å²) in [7, 11) is 0. The van der Waals surface area contributed by atoms with Gasteiger partial charge in [-0.05, 0) is 23.6 Å². The molecule has 1 heterocycles. The second kappa shape index (κ2) is 6.56. The minimum atomic E-state index is 0.514. The van der Waals surface area contributed by atoms with Crippen molar-refractivity contribution in [3.8, 4) is 0 Å². The summed E-state index contributed by atoms with van der Waals surface area (Å²) >= 11 is 3.77. The highest BCUT2D eigenvalue weighted by atomic mass is 32.2. The Bertz CT molecular complexity index is 257. The van der Waals surface area contributed by atoms with Gasteiger partial charge >= 0.3 is 0 Å². The van der Waals surface area contributed by atoms with E-state index in [-0.39, 0.29) is 0 Å². The minimum absolute atomic E-state index is 0.514. The molecule has 2 atom stereocenters. The molecule has 0 bridgehead atoms. The van der Waals surface area contributed by atoms with E-state index in [1.807, 2.05) is 23.1 Å². The zero-order chi connectivity index (χ0) is 11.3. The van der Waals surface area contributed by atoms with Crippen LogP contribution in [-0.2, 0) is 0 Å². The number of thiophene rings is 1. The summed E-state index contributed by atoms with van der Waals surface area (Å²) < 4.78 is 0. The second-order valence-corrected chi connectivity index (χ2v) is 6.45. The molecule has 0 aliphatic rings. The predicted octanol–water partition coefficient (Wildman–Crippen LogP) is 3.79. The third-order valence-electron chi connectivity index (χ3n) is 2.54. The molecule has 15 heavy (non-hydrogen) atoms. The smallest absolute Gasteiger partial charge is 0.0438 e. The van der Waals surface area contributed by atoms with E-state index >= 15 is 0 Å².